The molecule has 0 bridgehead atoms. The molecule has 0 saturated heterocycles. The van der Waals surface area contributed by atoms with Gasteiger partial charge in [-0.3, -0.25) is 4.99 Å². The minimum atomic E-state index is 0. The molecule has 0 spiro atoms. The Labute approximate surface area is 193 Å². The van der Waals surface area contributed by atoms with Crippen LogP contribution in [0.2, 0.25) is 10.0 Å². The first kappa shape index (κ1) is 24.9. The van der Waals surface area contributed by atoms with Crippen molar-refractivity contribution in [3.8, 4) is 0 Å². The van der Waals surface area contributed by atoms with Crippen molar-refractivity contribution in [1.82, 2.24) is 25.0 Å². The second kappa shape index (κ2) is 13.2. The van der Waals surface area contributed by atoms with Crippen LogP contribution < -0.4 is 5.32 Å². The third-order valence-corrected chi connectivity index (χ3v) is 4.71. The number of aliphatic imine (C=N–C) groups is 1. The first-order valence-electron chi connectivity index (χ1n) is 8.84. The Bertz CT molecular complexity index is 755. The summed E-state index contributed by atoms with van der Waals surface area (Å²) in [5.74, 6) is 1.77. The molecule has 0 fully saturated rings. The van der Waals surface area contributed by atoms with Crippen molar-refractivity contribution in [1.29, 1.82) is 0 Å². The summed E-state index contributed by atoms with van der Waals surface area (Å²) >= 11 is 12.1. The maximum Gasteiger partial charge on any atom is 0.194 e. The minimum Gasteiger partial charge on any atom is -0.383 e. The van der Waals surface area contributed by atoms with Gasteiger partial charge in [-0.15, -0.1) is 34.2 Å². The molecule has 156 valence electrons. The van der Waals surface area contributed by atoms with Gasteiger partial charge in [-0.25, -0.2) is 0 Å². The average Bonchev–Trinajstić information content (AvgIpc) is 3.11. The molecule has 0 amide bonds. The third-order valence-electron chi connectivity index (χ3n) is 3.97. The van der Waals surface area contributed by atoms with Crippen molar-refractivity contribution < 1.29 is 4.74 Å². The number of ether oxygens (including phenoxy) is 1. The first-order chi connectivity index (χ1) is 13.0. The molecule has 28 heavy (non-hydrogen) atoms. The average molecular weight is 541 g/mol. The molecule has 0 aliphatic heterocycles. The van der Waals surface area contributed by atoms with Crippen molar-refractivity contribution in [3.63, 3.8) is 0 Å². The van der Waals surface area contributed by atoms with Gasteiger partial charge in [0.25, 0.3) is 0 Å². The van der Waals surface area contributed by atoms with Gasteiger partial charge >= 0.3 is 0 Å². The van der Waals surface area contributed by atoms with E-state index in [2.05, 4.69) is 27.4 Å². The van der Waals surface area contributed by atoms with E-state index in [0.717, 1.165) is 30.3 Å². The lowest BCUT2D eigenvalue weighted by atomic mass is 10.2. The lowest BCUT2D eigenvalue weighted by molar-refractivity contribution is 0.207. The number of nitrogens with zero attached hydrogens (tertiary/aromatic N) is 5. The van der Waals surface area contributed by atoms with Crippen LogP contribution in [0.4, 0.5) is 0 Å². The third kappa shape index (κ3) is 7.73. The van der Waals surface area contributed by atoms with Gasteiger partial charge in [0.2, 0.25) is 0 Å². The van der Waals surface area contributed by atoms with Crippen LogP contribution in [0.5, 0.6) is 0 Å². The van der Waals surface area contributed by atoms with Gasteiger partial charge in [-0.05, 0) is 17.7 Å². The summed E-state index contributed by atoms with van der Waals surface area (Å²) in [4.78, 5) is 6.66. The molecule has 0 radical (unpaired) electrons. The van der Waals surface area contributed by atoms with E-state index in [9.17, 15) is 0 Å². The summed E-state index contributed by atoms with van der Waals surface area (Å²) < 4.78 is 7.15. The number of nitrogens with one attached hydrogen (secondary N) is 1. The number of methoxy groups -OCH3 is 1. The summed E-state index contributed by atoms with van der Waals surface area (Å²) in [6, 6.07) is 5.64. The fourth-order valence-electron chi connectivity index (χ4n) is 2.57. The molecule has 0 saturated carbocycles. The lowest BCUT2D eigenvalue weighted by Crippen LogP contribution is -2.40. The number of aromatic nitrogens is 3. The number of rotatable bonds is 9. The second-order valence-corrected chi connectivity index (χ2v) is 6.84. The van der Waals surface area contributed by atoms with Crippen LogP contribution in [0.25, 0.3) is 0 Å². The number of benzene rings is 1. The van der Waals surface area contributed by atoms with Crippen molar-refractivity contribution in [2.24, 2.45) is 4.99 Å². The van der Waals surface area contributed by atoms with Crippen LogP contribution in [-0.2, 0) is 24.2 Å². The number of halogens is 3. The molecule has 0 unspecified atom stereocenters. The minimum absolute atomic E-state index is 0. The monoisotopic (exact) mass is 540 g/mol. The SMILES string of the molecule is CCc1nncn1CCNC(=NCCOC)N(C)Cc1ccc(Cl)c(Cl)c1.I. The van der Waals surface area contributed by atoms with Gasteiger partial charge in [0.1, 0.15) is 12.2 Å². The summed E-state index contributed by atoms with van der Waals surface area (Å²) in [6.07, 6.45) is 2.60. The van der Waals surface area contributed by atoms with Crippen LogP contribution in [0.1, 0.15) is 18.3 Å². The van der Waals surface area contributed by atoms with E-state index in [0.29, 0.717) is 36.3 Å². The Kier molecular flexibility index (Phi) is 11.7. The van der Waals surface area contributed by atoms with E-state index >= 15 is 0 Å². The summed E-state index contributed by atoms with van der Waals surface area (Å²) in [6.45, 7) is 5.34. The largest absolute Gasteiger partial charge is 0.383 e. The summed E-state index contributed by atoms with van der Waals surface area (Å²) in [5, 5.41) is 12.6. The van der Waals surface area contributed by atoms with Crippen molar-refractivity contribution in [2.45, 2.75) is 26.4 Å². The van der Waals surface area contributed by atoms with Crippen LogP contribution in [0.15, 0.2) is 29.5 Å². The molecule has 0 atom stereocenters. The normalized spacial score (nSPS) is 11.2. The maximum absolute atomic E-state index is 6.12. The molecule has 0 aliphatic rings. The van der Waals surface area contributed by atoms with Crippen LogP contribution in [-0.4, -0.2) is 59.5 Å². The molecule has 1 heterocycles. The molecule has 2 aromatic rings. The highest BCUT2D eigenvalue weighted by Crippen LogP contribution is 2.23. The van der Waals surface area contributed by atoms with Crippen molar-refractivity contribution in [2.75, 3.05) is 33.9 Å². The molecule has 7 nitrogen and oxygen atoms in total. The Morgan fingerprint density at radius 2 is 2.11 bits per heavy atom. The predicted molar refractivity (Wildman–Crippen MR) is 125 cm³/mol. The zero-order valence-electron chi connectivity index (χ0n) is 16.4. The van der Waals surface area contributed by atoms with Gasteiger partial charge < -0.3 is 19.5 Å². The highest BCUT2D eigenvalue weighted by molar-refractivity contribution is 14.0. The molecule has 1 aromatic heterocycles. The number of hydrogen-bond acceptors (Lipinski definition) is 4. The van der Waals surface area contributed by atoms with E-state index in [-0.39, 0.29) is 24.0 Å². The topological polar surface area (TPSA) is 67.6 Å². The molecule has 10 heteroatoms. The van der Waals surface area contributed by atoms with Gasteiger partial charge in [0.05, 0.1) is 23.2 Å². The van der Waals surface area contributed by atoms with Gasteiger partial charge in [0, 0.05) is 40.2 Å². The molecule has 2 rings (SSSR count). The molecular weight excluding hydrogens is 514 g/mol. The predicted octanol–water partition coefficient (Wildman–Crippen LogP) is 3.49. The molecular formula is C18H27Cl2IN6O. The quantitative estimate of drug-likeness (QED) is 0.228. The van der Waals surface area contributed by atoms with Gasteiger partial charge in [0.15, 0.2) is 5.96 Å². The Hall–Kier alpha value is -1.10. The fourth-order valence-corrected chi connectivity index (χ4v) is 2.89. The van der Waals surface area contributed by atoms with Gasteiger partial charge in [-0.2, -0.15) is 0 Å². The Morgan fingerprint density at radius 3 is 2.79 bits per heavy atom. The van der Waals surface area contributed by atoms with E-state index in [1.807, 2.05) is 28.6 Å². The van der Waals surface area contributed by atoms with E-state index < -0.39 is 0 Å². The maximum atomic E-state index is 6.12. The molecule has 1 N–H and O–H groups in total. The number of aryl methyl sites for hydroxylation is 1. The summed E-state index contributed by atoms with van der Waals surface area (Å²) in [7, 11) is 3.65. The van der Waals surface area contributed by atoms with E-state index in [1.165, 1.54) is 0 Å². The smallest absolute Gasteiger partial charge is 0.194 e. The first-order valence-corrected chi connectivity index (χ1v) is 9.59. The standard InChI is InChI=1S/C18H26Cl2N6O.HI/c1-4-17-24-23-13-26(17)9-7-21-18(22-8-10-27-3)25(2)12-14-5-6-15(19)16(20)11-14;/h5-6,11,13H,4,7-10,12H2,1-3H3,(H,21,22);1H. The van der Waals surface area contributed by atoms with Crippen molar-refractivity contribution in [3.05, 3.63) is 46.0 Å². The highest BCUT2D eigenvalue weighted by atomic mass is 127. The molecule has 1 aromatic carbocycles. The second-order valence-electron chi connectivity index (χ2n) is 6.02. The van der Waals surface area contributed by atoms with Crippen LogP contribution in [0, 0.1) is 0 Å². The number of hydrogen-bond donors (Lipinski definition) is 1. The zero-order chi connectivity index (χ0) is 19.6. The van der Waals surface area contributed by atoms with Crippen molar-refractivity contribution >= 4 is 53.1 Å². The number of guanidine groups is 1. The summed E-state index contributed by atoms with van der Waals surface area (Å²) in [5.41, 5.74) is 1.06. The fraction of sp³-hybridized carbons (Fsp3) is 0.500. The Morgan fingerprint density at radius 1 is 1.32 bits per heavy atom. The van der Waals surface area contributed by atoms with Gasteiger partial charge in [-0.1, -0.05) is 36.2 Å². The lowest BCUT2D eigenvalue weighted by Gasteiger charge is -2.23. The Balaban J connectivity index is 0.00000392. The highest BCUT2D eigenvalue weighted by Gasteiger charge is 2.09. The van der Waals surface area contributed by atoms with E-state index in [1.54, 1.807) is 19.5 Å². The van der Waals surface area contributed by atoms with Crippen LogP contribution >= 0.6 is 47.2 Å². The zero-order valence-corrected chi connectivity index (χ0v) is 20.2. The van der Waals surface area contributed by atoms with E-state index in [4.69, 9.17) is 27.9 Å². The van der Waals surface area contributed by atoms with Crippen LogP contribution in [0.3, 0.4) is 0 Å². The molecule has 0 aliphatic carbocycles.